The van der Waals surface area contributed by atoms with Crippen molar-refractivity contribution in [2.45, 2.75) is 38.3 Å². The number of benzene rings is 1. The van der Waals surface area contributed by atoms with E-state index in [1.807, 2.05) is 27.7 Å². The average Bonchev–Trinajstić information content (AvgIpc) is 3.41. The number of hydrogen-bond donors (Lipinski definition) is 0. The second-order valence-corrected chi connectivity index (χ2v) is 8.65. The van der Waals surface area contributed by atoms with Crippen LogP contribution in [0.25, 0.3) is 0 Å². The number of rotatable bonds is 5. The van der Waals surface area contributed by atoms with Crippen LogP contribution in [0.1, 0.15) is 37.3 Å². The Morgan fingerprint density at radius 1 is 1.00 bits per heavy atom. The number of aryl methyl sites for hydroxylation is 1. The Kier molecular flexibility index (Phi) is 4.81. The van der Waals surface area contributed by atoms with Gasteiger partial charge < -0.3 is 14.4 Å². The van der Waals surface area contributed by atoms with Crippen LogP contribution in [0, 0.1) is 17.8 Å². The number of amides is 2. The van der Waals surface area contributed by atoms with E-state index in [2.05, 4.69) is 27.2 Å². The fourth-order valence-electron chi connectivity index (χ4n) is 5.16. The number of nitrogens with zero attached hydrogens (tertiary/aromatic N) is 5. The van der Waals surface area contributed by atoms with Gasteiger partial charge in [0.1, 0.15) is 12.7 Å². The summed E-state index contributed by atoms with van der Waals surface area (Å²) >= 11 is 0. The Morgan fingerprint density at radius 2 is 1.76 bits per heavy atom. The molecule has 0 bridgehead atoms. The maximum atomic E-state index is 13.1. The van der Waals surface area contributed by atoms with Gasteiger partial charge in [-0.05, 0) is 18.4 Å². The third kappa shape index (κ3) is 3.43. The summed E-state index contributed by atoms with van der Waals surface area (Å²) in [7, 11) is 0. The fraction of sp³-hybridized carbons (Fsp3) is 0.545. The van der Waals surface area contributed by atoms with Gasteiger partial charge in [0.25, 0.3) is 0 Å². The molecule has 0 N–H and O–H groups in total. The van der Waals surface area contributed by atoms with E-state index >= 15 is 0 Å². The lowest BCUT2D eigenvalue weighted by Crippen LogP contribution is -2.41. The molecule has 5 rings (SSSR count). The second kappa shape index (κ2) is 7.61. The first kappa shape index (κ1) is 18.3. The molecule has 7 nitrogen and oxygen atoms in total. The van der Waals surface area contributed by atoms with Gasteiger partial charge in [-0.25, -0.2) is 0 Å². The number of fused-ring (bicyclic) bond motifs is 1. The SMILES string of the molecule is O=C(CCn1cnnc1)N1C[C@H]2CN(C(=O)C3CCC3)[C@H](c3ccccc3)[C@H]2C1. The zero-order valence-electron chi connectivity index (χ0n) is 16.6. The molecule has 3 fully saturated rings. The van der Waals surface area contributed by atoms with E-state index < -0.39 is 0 Å². The van der Waals surface area contributed by atoms with Gasteiger partial charge in [0.15, 0.2) is 0 Å². The quantitative estimate of drug-likeness (QED) is 0.780. The Bertz CT molecular complexity index is 865. The van der Waals surface area contributed by atoms with Crippen LogP contribution in [0.15, 0.2) is 43.0 Å². The second-order valence-electron chi connectivity index (χ2n) is 8.65. The van der Waals surface area contributed by atoms with E-state index in [9.17, 15) is 9.59 Å². The van der Waals surface area contributed by atoms with Crippen LogP contribution in [-0.4, -0.2) is 56.0 Å². The van der Waals surface area contributed by atoms with Crippen LogP contribution in [-0.2, 0) is 16.1 Å². The lowest BCUT2D eigenvalue weighted by Gasteiger charge is -2.35. The number of carbonyl (C=O) groups is 2. The molecule has 2 amide bonds. The van der Waals surface area contributed by atoms with Crippen molar-refractivity contribution in [1.29, 1.82) is 0 Å². The van der Waals surface area contributed by atoms with Crippen molar-refractivity contribution in [1.82, 2.24) is 24.6 Å². The maximum absolute atomic E-state index is 13.1. The minimum Gasteiger partial charge on any atom is -0.342 e. The lowest BCUT2D eigenvalue weighted by atomic mass is 9.83. The topological polar surface area (TPSA) is 71.3 Å². The van der Waals surface area contributed by atoms with Crippen molar-refractivity contribution in [3.63, 3.8) is 0 Å². The van der Waals surface area contributed by atoms with Crippen molar-refractivity contribution in [3.05, 3.63) is 48.5 Å². The molecular weight excluding hydrogens is 366 g/mol. The van der Waals surface area contributed by atoms with Crippen molar-refractivity contribution < 1.29 is 9.59 Å². The summed E-state index contributed by atoms with van der Waals surface area (Å²) in [6.07, 6.45) is 6.96. The molecule has 2 aromatic rings. The Morgan fingerprint density at radius 3 is 2.45 bits per heavy atom. The summed E-state index contributed by atoms with van der Waals surface area (Å²) < 4.78 is 1.83. The monoisotopic (exact) mass is 393 g/mol. The molecule has 1 saturated carbocycles. The van der Waals surface area contributed by atoms with Gasteiger partial charge in [-0.1, -0.05) is 36.8 Å². The number of likely N-dealkylation sites (tertiary alicyclic amines) is 2. The Hall–Kier alpha value is -2.70. The van der Waals surface area contributed by atoms with Gasteiger partial charge in [0, 0.05) is 50.4 Å². The Labute approximate surface area is 170 Å². The first-order chi connectivity index (χ1) is 14.2. The van der Waals surface area contributed by atoms with Gasteiger partial charge in [-0.15, -0.1) is 10.2 Å². The summed E-state index contributed by atoms with van der Waals surface area (Å²) in [5.41, 5.74) is 1.20. The molecule has 0 radical (unpaired) electrons. The first-order valence-corrected chi connectivity index (χ1v) is 10.7. The molecule has 2 saturated heterocycles. The van der Waals surface area contributed by atoms with E-state index in [0.717, 1.165) is 32.5 Å². The predicted octanol–water partition coefficient (Wildman–Crippen LogP) is 2.13. The molecule has 7 heteroatoms. The molecule has 3 aliphatic rings. The normalized spacial score (nSPS) is 26.4. The molecule has 0 spiro atoms. The smallest absolute Gasteiger partial charge is 0.226 e. The van der Waals surface area contributed by atoms with Crippen LogP contribution in [0.2, 0.25) is 0 Å². The Balaban J connectivity index is 1.30. The van der Waals surface area contributed by atoms with Crippen LogP contribution in [0.4, 0.5) is 0 Å². The maximum Gasteiger partial charge on any atom is 0.226 e. The molecule has 0 unspecified atom stereocenters. The molecule has 29 heavy (non-hydrogen) atoms. The van der Waals surface area contributed by atoms with E-state index in [0.29, 0.717) is 30.7 Å². The minimum absolute atomic E-state index is 0.0879. The van der Waals surface area contributed by atoms with E-state index in [1.165, 1.54) is 12.0 Å². The third-order valence-electron chi connectivity index (χ3n) is 6.95. The molecule has 3 atom stereocenters. The summed E-state index contributed by atoms with van der Waals surface area (Å²) in [4.78, 5) is 30.0. The van der Waals surface area contributed by atoms with Crippen molar-refractivity contribution >= 4 is 11.8 Å². The highest BCUT2D eigenvalue weighted by molar-refractivity contribution is 5.81. The summed E-state index contributed by atoms with van der Waals surface area (Å²) in [6.45, 7) is 2.87. The summed E-state index contributed by atoms with van der Waals surface area (Å²) in [6, 6.07) is 10.5. The number of carbonyl (C=O) groups excluding carboxylic acids is 2. The predicted molar refractivity (Wildman–Crippen MR) is 106 cm³/mol. The minimum atomic E-state index is 0.0879. The summed E-state index contributed by atoms with van der Waals surface area (Å²) in [5.74, 6) is 1.40. The highest BCUT2D eigenvalue weighted by atomic mass is 16.2. The molecule has 1 aromatic carbocycles. The molecule has 1 aromatic heterocycles. The van der Waals surface area contributed by atoms with E-state index in [-0.39, 0.29) is 17.9 Å². The highest BCUT2D eigenvalue weighted by Crippen LogP contribution is 2.46. The van der Waals surface area contributed by atoms with Crippen LogP contribution < -0.4 is 0 Å². The first-order valence-electron chi connectivity index (χ1n) is 10.7. The fourth-order valence-corrected chi connectivity index (χ4v) is 5.16. The van der Waals surface area contributed by atoms with Gasteiger partial charge >= 0.3 is 0 Å². The largest absolute Gasteiger partial charge is 0.342 e. The van der Waals surface area contributed by atoms with Gasteiger partial charge in [0.05, 0.1) is 6.04 Å². The van der Waals surface area contributed by atoms with Crippen LogP contribution in [0.5, 0.6) is 0 Å². The molecule has 1 aliphatic carbocycles. The van der Waals surface area contributed by atoms with E-state index in [4.69, 9.17) is 0 Å². The highest BCUT2D eigenvalue weighted by Gasteiger charge is 2.51. The van der Waals surface area contributed by atoms with Crippen LogP contribution in [0.3, 0.4) is 0 Å². The van der Waals surface area contributed by atoms with Gasteiger partial charge in [0.2, 0.25) is 11.8 Å². The summed E-state index contributed by atoms with van der Waals surface area (Å²) in [5, 5.41) is 7.58. The zero-order chi connectivity index (χ0) is 19.8. The van der Waals surface area contributed by atoms with Gasteiger partial charge in [-0.3, -0.25) is 9.59 Å². The average molecular weight is 393 g/mol. The standard InChI is InChI=1S/C22H27N5O2/c28-20(9-10-25-14-23-24-15-25)26-11-18-12-27(22(29)17-7-4-8-17)21(19(18)13-26)16-5-2-1-3-6-16/h1-3,5-6,14-15,17-19,21H,4,7-13H2/t18-,19-,21+/m0/s1. The molecule has 2 aliphatic heterocycles. The number of hydrogen-bond acceptors (Lipinski definition) is 4. The van der Waals surface area contributed by atoms with Crippen molar-refractivity contribution in [2.24, 2.45) is 17.8 Å². The molecule has 152 valence electrons. The third-order valence-corrected chi connectivity index (χ3v) is 6.95. The lowest BCUT2D eigenvalue weighted by molar-refractivity contribution is -0.140. The molecular formula is C22H27N5O2. The molecule has 3 heterocycles. The van der Waals surface area contributed by atoms with Gasteiger partial charge in [-0.2, -0.15) is 0 Å². The van der Waals surface area contributed by atoms with Crippen molar-refractivity contribution in [2.75, 3.05) is 19.6 Å². The van der Waals surface area contributed by atoms with Crippen molar-refractivity contribution in [3.8, 4) is 0 Å². The number of aromatic nitrogens is 3. The van der Waals surface area contributed by atoms with Crippen LogP contribution >= 0.6 is 0 Å². The van der Waals surface area contributed by atoms with E-state index in [1.54, 1.807) is 12.7 Å². The zero-order valence-corrected chi connectivity index (χ0v) is 16.6.